The van der Waals surface area contributed by atoms with Crippen LogP contribution in [0.5, 0.6) is 0 Å². The van der Waals surface area contributed by atoms with E-state index in [0.717, 1.165) is 68.1 Å². The zero-order chi connectivity index (χ0) is 50.8. The molecule has 0 spiro atoms. The molecule has 0 radical (unpaired) electrons. The Kier molecular flexibility index (Phi) is 21.2. The van der Waals surface area contributed by atoms with Gasteiger partial charge in [-0.3, -0.25) is 10.0 Å². The van der Waals surface area contributed by atoms with Crippen molar-refractivity contribution in [1.29, 1.82) is 0 Å². The van der Waals surface area contributed by atoms with Gasteiger partial charge in [0, 0.05) is 57.1 Å². The molecule has 0 bridgehead atoms. The smallest absolute Gasteiger partial charge is 0.0826 e. The quantitative estimate of drug-likeness (QED) is 0.0268. The van der Waals surface area contributed by atoms with Crippen LogP contribution in [0, 0.1) is 0 Å². The highest BCUT2D eigenvalue weighted by molar-refractivity contribution is 7.99. The Morgan fingerprint density at radius 1 is 0.351 bits per heavy atom. The van der Waals surface area contributed by atoms with Crippen LogP contribution < -0.4 is 19.8 Å². The molecule has 378 valence electrons. The summed E-state index contributed by atoms with van der Waals surface area (Å²) in [5, 5.41) is 35.5. The Balaban J connectivity index is 0.714. The average Bonchev–Trinajstić information content (AvgIpc) is 3.46. The van der Waals surface area contributed by atoms with E-state index < -0.39 is 12.2 Å². The lowest BCUT2D eigenvalue weighted by Crippen LogP contribution is -2.30. The van der Waals surface area contributed by atoms with Crippen LogP contribution in [-0.4, -0.2) is 97.4 Å². The lowest BCUT2D eigenvalue weighted by atomic mass is 10.1. The lowest BCUT2D eigenvalue weighted by molar-refractivity contribution is 0.0604. The predicted octanol–water partition coefficient (Wildman–Crippen LogP) is 13.2. The Hall–Kier alpha value is -7.16. The molecule has 0 aliphatic carbocycles. The molecule has 0 aliphatic heterocycles. The van der Waals surface area contributed by atoms with Crippen LogP contribution >= 0.6 is 23.5 Å². The van der Waals surface area contributed by atoms with Crippen LogP contribution in [0.15, 0.2) is 241 Å². The number of aliphatic hydroxyl groups is 2. The highest BCUT2D eigenvalue weighted by atomic mass is 32.2. The van der Waals surface area contributed by atoms with E-state index in [-0.39, 0.29) is 0 Å². The van der Waals surface area contributed by atoms with Crippen LogP contribution in [0.25, 0.3) is 0 Å². The molecule has 12 heteroatoms. The molecule has 0 saturated carbocycles. The molecule has 8 aromatic carbocycles. The first-order valence-corrected chi connectivity index (χ1v) is 27.3. The van der Waals surface area contributed by atoms with Crippen molar-refractivity contribution in [2.75, 3.05) is 82.3 Å². The van der Waals surface area contributed by atoms with Gasteiger partial charge in [0.25, 0.3) is 0 Å². The third-order valence-electron chi connectivity index (χ3n) is 11.7. The summed E-state index contributed by atoms with van der Waals surface area (Å²) in [5.74, 6) is 2.62. The standard InChI is InChI=1S/C62H64N6O4S2/c69-61(47-65(53-19-7-1-8-20-53)63-45-51-31-35-59(36-32-51)67(55-23-11-3-12-24-55)56-25-13-4-14-26-56)49-73-43-41-71-39-40-72-42-44-74-50-62(70)48-66(54-21-9-2-10-22-54)64-46-52-33-37-60(38-34-52)68(57-27-15-5-16-28-57)58-29-17-6-18-30-58/h1-38,45-46,61-62,69-70H,39-44,47-50H2/b63-45+,64-46+. The number of para-hydroxylation sites is 6. The number of ether oxygens (including phenoxy) is 2. The van der Waals surface area contributed by atoms with E-state index in [9.17, 15) is 10.2 Å². The number of aliphatic hydroxyl groups excluding tert-OH is 2. The summed E-state index contributed by atoms with van der Waals surface area (Å²) in [7, 11) is 0. The molecule has 0 aliphatic rings. The van der Waals surface area contributed by atoms with Crippen molar-refractivity contribution in [1.82, 2.24) is 0 Å². The van der Waals surface area contributed by atoms with Gasteiger partial charge >= 0.3 is 0 Å². The third kappa shape index (κ3) is 16.7. The van der Waals surface area contributed by atoms with Gasteiger partial charge in [-0.25, -0.2) is 0 Å². The maximum Gasteiger partial charge on any atom is 0.0826 e. The number of benzene rings is 8. The van der Waals surface area contributed by atoms with Crippen molar-refractivity contribution in [3.8, 4) is 0 Å². The number of hydrogen-bond acceptors (Lipinski definition) is 12. The summed E-state index contributed by atoms with van der Waals surface area (Å²) in [6.07, 6.45) is 2.49. The third-order valence-corrected chi connectivity index (χ3v) is 13.8. The van der Waals surface area contributed by atoms with Crippen molar-refractivity contribution in [3.63, 3.8) is 0 Å². The van der Waals surface area contributed by atoms with Crippen LogP contribution in [0.4, 0.5) is 45.5 Å². The van der Waals surface area contributed by atoms with Gasteiger partial charge in [0.2, 0.25) is 0 Å². The van der Waals surface area contributed by atoms with Gasteiger partial charge in [0.15, 0.2) is 0 Å². The second kappa shape index (κ2) is 29.5. The minimum absolute atomic E-state index is 0.352. The van der Waals surface area contributed by atoms with E-state index >= 15 is 0 Å². The summed E-state index contributed by atoms with van der Waals surface area (Å²) >= 11 is 3.31. The Morgan fingerprint density at radius 2 is 0.622 bits per heavy atom. The van der Waals surface area contributed by atoms with Crippen molar-refractivity contribution < 1.29 is 19.7 Å². The van der Waals surface area contributed by atoms with Crippen molar-refractivity contribution in [3.05, 3.63) is 242 Å². The number of anilines is 8. The van der Waals surface area contributed by atoms with Crippen molar-refractivity contribution in [2.24, 2.45) is 10.2 Å². The average molecular weight is 1020 g/mol. The van der Waals surface area contributed by atoms with Crippen LogP contribution in [0.3, 0.4) is 0 Å². The minimum atomic E-state index is -0.597. The monoisotopic (exact) mass is 1020 g/mol. The first kappa shape index (κ1) is 53.1. The van der Waals surface area contributed by atoms with Gasteiger partial charge in [0.1, 0.15) is 0 Å². The maximum atomic E-state index is 11.1. The summed E-state index contributed by atoms with van der Waals surface area (Å²) in [6, 6.07) is 77.9. The lowest BCUT2D eigenvalue weighted by Gasteiger charge is -2.25. The molecule has 10 nitrogen and oxygen atoms in total. The molecule has 0 aromatic heterocycles. The normalized spacial score (nSPS) is 12.2. The first-order valence-electron chi connectivity index (χ1n) is 25.0. The topological polar surface area (TPSA) is 96.6 Å². The molecule has 0 amide bonds. The first-order chi connectivity index (χ1) is 36.6. The molecule has 74 heavy (non-hydrogen) atoms. The summed E-state index contributed by atoms with van der Waals surface area (Å²) in [6.45, 7) is 2.83. The largest absolute Gasteiger partial charge is 0.390 e. The fourth-order valence-electron chi connectivity index (χ4n) is 8.03. The van der Waals surface area contributed by atoms with Gasteiger partial charge in [0.05, 0.1) is 75.5 Å². The van der Waals surface area contributed by atoms with Gasteiger partial charge < -0.3 is 29.5 Å². The highest BCUT2D eigenvalue weighted by Crippen LogP contribution is 2.35. The van der Waals surface area contributed by atoms with E-state index in [2.05, 4.69) is 107 Å². The molecule has 2 unspecified atom stereocenters. The Labute approximate surface area is 445 Å². The van der Waals surface area contributed by atoms with Gasteiger partial charge in [-0.2, -0.15) is 33.7 Å². The van der Waals surface area contributed by atoms with E-state index in [4.69, 9.17) is 19.7 Å². The van der Waals surface area contributed by atoms with E-state index in [1.165, 1.54) is 0 Å². The van der Waals surface area contributed by atoms with Crippen LogP contribution in [0.1, 0.15) is 11.1 Å². The molecule has 2 atom stereocenters. The SMILES string of the molecule is OC(CSCCOCCOCCSCC(O)CN(/N=C/c1ccc(N(c2ccccc2)c2ccccc2)cc1)c1ccccc1)CN(/N=C/c1ccc(N(c2ccccc2)c2ccccc2)cc1)c1ccccc1. The molecular weight excluding hydrogens is 957 g/mol. The van der Waals surface area contributed by atoms with E-state index in [0.29, 0.717) is 51.0 Å². The number of hydrazone groups is 2. The zero-order valence-corrected chi connectivity index (χ0v) is 43.2. The van der Waals surface area contributed by atoms with E-state index in [1.54, 1.807) is 23.5 Å². The zero-order valence-electron chi connectivity index (χ0n) is 41.5. The molecule has 0 fully saturated rings. The molecule has 0 heterocycles. The van der Waals surface area contributed by atoms with Crippen molar-refractivity contribution in [2.45, 2.75) is 12.2 Å². The molecule has 0 saturated heterocycles. The van der Waals surface area contributed by atoms with E-state index in [1.807, 2.05) is 156 Å². The molecule has 8 rings (SSSR count). The summed E-state index contributed by atoms with van der Waals surface area (Å²) in [5.41, 5.74) is 10.2. The minimum Gasteiger partial charge on any atom is -0.390 e. The molecule has 8 aromatic rings. The Morgan fingerprint density at radius 3 is 0.919 bits per heavy atom. The summed E-state index contributed by atoms with van der Waals surface area (Å²) < 4.78 is 11.7. The maximum absolute atomic E-state index is 11.1. The predicted molar refractivity (Wildman–Crippen MR) is 313 cm³/mol. The number of thioether (sulfide) groups is 2. The fraction of sp³-hybridized carbons (Fsp3) is 0.194. The number of nitrogens with zero attached hydrogens (tertiary/aromatic N) is 6. The summed E-state index contributed by atoms with van der Waals surface area (Å²) in [4.78, 5) is 4.46. The molecule has 2 N–H and O–H groups in total. The number of rotatable bonds is 29. The van der Waals surface area contributed by atoms with Gasteiger partial charge in [-0.15, -0.1) is 0 Å². The highest BCUT2D eigenvalue weighted by Gasteiger charge is 2.16. The number of hydrogen-bond donors (Lipinski definition) is 2. The van der Waals surface area contributed by atoms with Gasteiger partial charge in [-0.05, 0) is 108 Å². The second-order valence-electron chi connectivity index (χ2n) is 17.2. The van der Waals surface area contributed by atoms with Crippen molar-refractivity contribution >= 4 is 81.5 Å². The molecular formula is C62H64N6O4S2. The van der Waals surface area contributed by atoms with Gasteiger partial charge in [-0.1, -0.05) is 133 Å². The fourth-order valence-corrected chi connectivity index (χ4v) is 9.59. The Bertz CT molecular complexity index is 2560. The van der Waals surface area contributed by atoms with Crippen LogP contribution in [0.2, 0.25) is 0 Å². The second-order valence-corrected chi connectivity index (χ2v) is 19.5. The van der Waals surface area contributed by atoms with Crippen LogP contribution in [-0.2, 0) is 9.47 Å².